The number of rotatable bonds is 36. The number of hydrogen-bond donors (Lipinski definition) is 0. The molecule has 42 heavy (non-hydrogen) atoms. The van der Waals surface area contributed by atoms with Crippen LogP contribution in [0.15, 0.2) is 0 Å². The van der Waals surface area contributed by atoms with Gasteiger partial charge in [-0.25, -0.2) is 0 Å². The van der Waals surface area contributed by atoms with E-state index in [-0.39, 0.29) is 0 Å². The van der Waals surface area contributed by atoms with Gasteiger partial charge in [-0.15, -0.1) is 0 Å². The molecule has 0 rings (SSSR count). The molecule has 0 saturated heterocycles. The Bertz CT molecular complexity index is 474. The molecule has 0 amide bonds. The van der Waals surface area contributed by atoms with Crippen LogP contribution in [0.25, 0.3) is 0 Å². The second-order valence-corrected chi connectivity index (χ2v) is 26.3. The van der Waals surface area contributed by atoms with Crippen molar-refractivity contribution in [3.05, 3.63) is 0 Å². The minimum absolute atomic E-state index is 1.37. The van der Waals surface area contributed by atoms with E-state index in [1.54, 1.807) is 0 Å². The Morgan fingerprint density at radius 1 is 0.262 bits per heavy atom. The summed E-state index contributed by atoms with van der Waals surface area (Å²) in [5, 5.41) is -1.63. The molecule has 0 N–H and O–H groups in total. The average Bonchev–Trinajstić information content (AvgIpc) is 3.01. The third kappa shape index (κ3) is 27.2. The first-order valence-corrected chi connectivity index (χ1v) is 25.3. The maximum absolute atomic E-state index is 4.51. The molecular weight excluding hydrogens is 591 g/mol. The molecule has 0 aromatic rings. The molecule has 0 aliphatic carbocycles. The first-order valence-electron chi connectivity index (χ1n) is 20.3. The normalized spacial score (nSPS) is 13.0. The number of unbranched alkanes of at least 4 members (excludes halogenated alkanes) is 30. The summed E-state index contributed by atoms with van der Waals surface area (Å²) in [4.78, 5) is 0. The van der Waals surface area contributed by atoms with Gasteiger partial charge in [0.05, 0.1) is 0 Å². The molecule has 0 spiro atoms. The van der Waals surface area contributed by atoms with Crippen LogP contribution in [0, 0.1) is 0 Å². The molecule has 0 aliphatic rings. The molecule has 256 valence electrons. The summed E-state index contributed by atoms with van der Waals surface area (Å²) in [5.41, 5.74) is 0. The molecule has 0 atom stereocenters. The van der Waals surface area contributed by atoms with Crippen LogP contribution in [0.4, 0.5) is 0 Å². The van der Waals surface area contributed by atoms with E-state index in [1.165, 1.54) is 230 Å². The molecule has 0 nitrogen and oxygen atoms in total. The number of hydrogen-bond acceptors (Lipinski definition) is 0. The first-order chi connectivity index (χ1) is 20.5. The first kappa shape index (κ1) is 42.9. The van der Waals surface area contributed by atoms with Gasteiger partial charge in [0.25, 0.3) is 0 Å². The average molecular weight is 676 g/mol. The van der Waals surface area contributed by atoms with Gasteiger partial charge < -0.3 is 0 Å². The molecule has 0 aromatic carbocycles. The van der Waals surface area contributed by atoms with Crippen LogP contribution in [0.3, 0.4) is 0 Å². The zero-order chi connectivity index (χ0) is 30.9. The maximum atomic E-state index is 4.51. The molecule has 0 fully saturated rings. The summed E-state index contributed by atoms with van der Waals surface area (Å²) in [6, 6.07) is 0. The summed E-state index contributed by atoms with van der Waals surface area (Å²) in [7, 11) is 0. The molecule has 2 heteroatoms. The fourth-order valence-corrected chi connectivity index (χ4v) is 12.5. The van der Waals surface area contributed by atoms with Crippen LogP contribution < -0.4 is 0 Å². The third-order valence-corrected chi connectivity index (χ3v) is 21.9. The molecule has 0 bridgehead atoms. The van der Waals surface area contributed by atoms with Crippen molar-refractivity contribution in [2.75, 3.05) is 24.6 Å². The van der Waals surface area contributed by atoms with Gasteiger partial charge in [0, 0.05) is 0 Å². The van der Waals surface area contributed by atoms with Crippen molar-refractivity contribution in [3.63, 3.8) is 0 Å². The Labute approximate surface area is 277 Å². The summed E-state index contributed by atoms with van der Waals surface area (Å²) in [5.74, 6) is 0. The quantitative estimate of drug-likeness (QED) is 0.0458. The fourth-order valence-electron chi connectivity index (χ4n) is 7.08. The van der Waals surface area contributed by atoms with Crippen molar-refractivity contribution >= 4 is 20.8 Å². The third-order valence-electron chi connectivity index (χ3n) is 10.7. The van der Waals surface area contributed by atoms with Crippen LogP contribution >= 0.6 is 20.8 Å². The molecule has 0 heterocycles. The van der Waals surface area contributed by atoms with Gasteiger partial charge >= 0.3 is 201 Å². The predicted octanol–water partition coefficient (Wildman–Crippen LogP) is 16.4. The van der Waals surface area contributed by atoms with E-state index in [2.05, 4.69) is 43.2 Å². The fraction of sp³-hybridized carbons (Fsp3) is 1.00. The smallest absolute Gasteiger partial charge is 0.0654 e. The van der Waals surface area contributed by atoms with E-state index < -0.39 is 5.31 Å². The van der Waals surface area contributed by atoms with Gasteiger partial charge in [0.1, 0.15) is 0 Å². The minimum Gasteiger partial charge on any atom is -0.0654 e. The van der Waals surface area contributed by atoms with E-state index in [1.807, 2.05) is 0 Å². The van der Waals surface area contributed by atoms with E-state index >= 15 is 0 Å². The van der Waals surface area contributed by atoms with E-state index in [0.29, 0.717) is 0 Å². The number of halogens is 1. The second kappa shape index (κ2) is 31.9. The van der Waals surface area contributed by atoms with Gasteiger partial charge in [0.15, 0.2) is 0 Å². The van der Waals surface area contributed by atoms with Gasteiger partial charge in [-0.3, -0.25) is 0 Å². The summed E-state index contributed by atoms with van der Waals surface area (Å²) < 4.78 is 0. The Hall–Kier alpha value is 0.910. The molecule has 0 aliphatic heterocycles. The summed E-state index contributed by atoms with van der Waals surface area (Å²) in [6.45, 7) is 9.61. The Kier molecular flexibility index (Phi) is 32.6. The van der Waals surface area contributed by atoms with Crippen molar-refractivity contribution < 1.29 is 0 Å². The monoisotopic (exact) mass is 675 g/mol. The van der Waals surface area contributed by atoms with Crippen LogP contribution in [0.1, 0.15) is 233 Å². The molecule has 0 unspecified atom stereocenters. The standard InChI is InChI=1S/C40H84BrP/c1-5-9-11-13-15-17-19-21-23-25-27-29-31-33-35-37-39-42(41,7-3,8-4)40-38-36-34-32-30-28-26-24-22-20-18-16-14-12-10-6-2/h5-40H2,1-4H3. The van der Waals surface area contributed by atoms with Gasteiger partial charge in [-0.1, -0.05) is 78.1 Å². The SMILES string of the molecule is CCCCCCCCCCCCCCCCCCP(Br)(CC)(CC)CCCCCCCCCCCCCCCCCC. The van der Waals surface area contributed by atoms with Gasteiger partial charge in [-0.05, 0) is 0 Å². The van der Waals surface area contributed by atoms with Crippen molar-refractivity contribution in [1.29, 1.82) is 0 Å². The van der Waals surface area contributed by atoms with Crippen LogP contribution in [-0.2, 0) is 0 Å². The minimum atomic E-state index is -1.63. The van der Waals surface area contributed by atoms with Crippen molar-refractivity contribution in [2.45, 2.75) is 233 Å². The van der Waals surface area contributed by atoms with Gasteiger partial charge in [-0.2, -0.15) is 0 Å². The Morgan fingerprint density at radius 3 is 0.595 bits per heavy atom. The topological polar surface area (TPSA) is 0 Å². The van der Waals surface area contributed by atoms with E-state index in [4.69, 9.17) is 0 Å². The van der Waals surface area contributed by atoms with Crippen molar-refractivity contribution in [3.8, 4) is 0 Å². The summed E-state index contributed by atoms with van der Waals surface area (Å²) in [6.07, 6.45) is 52.9. The molecular formula is C40H84BrP. The Morgan fingerprint density at radius 2 is 0.429 bits per heavy atom. The Balaban J connectivity index is 3.64. The molecule has 0 radical (unpaired) electrons. The molecule has 0 aromatic heterocycles. The van der Waals surface area contributed by atoms with Crippen LogP contribution in [0.5, 0.6) is 0 Å². The van der Waals surface area contributed by atoms with Crippen LogP contribution in [0.2, 0.25) is 0 Å². The zero-order valence-corrected chi connectivity index (χ0v) is 32.8. The zero-order valence-electron chi connectivity index (χ0n) is 30.3. The van der Waals surface area contributed by atoms with Crippen LogP contribution in [-0.4, -0.2) is 24.6 Å². The van der Waals surface area contributed by atoms with E-state index in [0.717, 1.165) is 0 Å². The predicted molar refractivity (Wildman–Crippen MR) is 206 cm³/mol. The second-order valence-electron chi connectivity index (χ2n) is 14.5. The van der Waals surface area contributed by atoms with Crippen molar-refractivity contribution in [1.82, 2.24) is 0 Å². The summed E-state index contributed by atoms with van der Waals surface area (Å²) >= 11 is 4.51. The van der Waals surface area contributed by atoms with Crippen molar-refractivity contribution in [2.24, 2.45) is 0 Å². The van der Waals surface area contributed by atoms with E-state index in [9.17, 15) is 0 Å². The molecule has 0 saturated carbocycles. The van der Waals surface area contributed by atoms with Gasteiger partial charge in [0.2, 0.25) is 0 Å².